The molecule has 1 atom stereocenters. The first-order chi connectivity index (χ1) is 10.1. The highest BCUT2D eigenvalue weighted by Crippen LogP contribution is 2.08. The molecule has 0 saturated carbocycles. The smallest absolute Gasteiger partial charge is 0.244 e. The van der Waals surface area contributed by atoms with Crippen LogP contribution in [0.1, 0.15) is 24.7 Å². The van der Waals surface area contributed by atoms with Gasteiger partial charge in [-0.15, -0.1) is 0 Å². The minimum atomic E-state index is -0.107. The Balaban J connectivity index is 1.78. The molecule has 1 aromatic heterocycles. The van der Waals surface area contributed by atoms with Crippen molar-refractivity contribution in [1.82, 2.24) is 5.32 Å². The molecule has 0 aliphatic carbocycles. The number of hydrogen-bond donors (Lipinski definition) is 2. The van der Waals surface area contributed by atoms with Crippen LogP contribution in [0.4, 0.5) is 5.69 Å². The third kappa shape index (κ3) is 5.18. The molecular weight excluding hydrogens is 264 g/mol. The Bertz CT molecular complexity index is 603. The van der Waals surface area contributed by atoms with Gasteiger partial charge < -0.3 is 15.5 Å². The highest BCUT2D eigenvalue weighted by atomic mass is 16.3. The molecule has 3 N–H and O–H groups in total. The van der Waals surface area contributed by atoms with E-state index in [1.165, 1.54) is 6.08 Å². The molecular formula is C17H20N2O2. The molecule has 1 aromatic carbocycles. The van der Waals surface area contributed by atoms with E-state index in [-0.39, 0.29) is 11.9 Å². The second-order valence-electron chi connectivity index (χ2n) is 5.03. The minimum Gasteiger partial charge on any atom is -0.469 e. The zero-order valence-electron chi connectivity index (χ0n) is 12.1. The van der Waals surface area contributed by atoms with Gasteiger partial charge in [-0.2, -0.15) is 0 Å². The number of nitrogens with two attached hydrogens (primary N) is 1. The molecule has 0 radical (unpaired) electrons. The molecule has 0 aliphatic heterocycles. The highest BCUT2D eigenvalue weighted by molar-refractivity contribution is 5.92. The van der Waals surface area contributed by atoms with Gasteiger partial charge in [0.05, 0.1) is 6.26 Å². The summed E-state index contributed by atoms with van der Waals surface area (Å²) in [5.74, 6) is 0.829. The van der Waals surface area contributed by atoms with Crippen LogP contribution >= 0.6 is 0 Å². The molecule has 4 nitrogen and oxygen atoms in total. The highest BCUT2D eigenvalue weighted by Gasteiger charge is 2.06. The van der Waals surface area contributed by atoms with Gasteiger partial charge in [0.25, 0.3) is 0 Å². The predicted molar refractivity (Wildman–Crippen MR) is 84.5 cm³/mol. The molecule has 1 unspecified atom stereocenters. The van der Waals surface area contributed by atoms with Crippen LogP contribution in [0.15, 0.2) is 53.2 Å². The van der Waals surface area contributed by atoms with Gasteiger partial charge in [0.15, 0.2) is 0 Å². The molecule has 0 aliphatic rings. The lowest BCUT2D eigenvalue weighted by Gasteiger charge is -2.11. The molecule has 110 valence electrons. The van der Waals surface area contributed by atoms with Gasteiger partial charge in [0, 0.05) is 24.2 Å². The summed E-state index contributed by atoms with van der Waals surface area (Å²) >= 11 is 0. The number of benzene rings is 1. The van der Waals surface area contributed by atoms with Crippen LogP contribution in [0.3, 0.4) is 0 Å². The molecule has 4 heteroatoms. The molecule has 0 bridgehead atoms. The summed E-state index contributed by atoms with van der Waals surface area (Å²) in [5.41, 5.74) is 7.28. The van der Waals surface area contributed by atoms with Crippen molar-refractivity contribution in [1.29, 1.82) is 0 Å². The van der Waals surface area contributed by atoms with Crippen LogP contribution in [0, 0.1) is 0 Å². The maximum absolute atomic E-state index is 11.8. The Kier molecular flexibility index (Phi) is 5.21. The van der Waals surface area contributed by atoms with Gasteiger partial charge in [-0.25, -0.2) is 0 Å². The number of furan rings is 1. The number of carbonyl (C=O) groups is 1. The normalized spacial score (nSPS) is 12.4. The summed E-state index contributed by atoms with van der Waals surface area (Å²) in [4.78, 5) is 11.8. The van der Waals surface area contributed by atoms with E-state index in [0.717, 1.165) is 24.2 Å². The third-order valence-electron chi connectivity index (χ3n) is 3.13. The molecule has 0 spiro atoms. The summed E-state index contributed by atoms with van der Waals surface area (Å²) in [5, 5.41) is 2.93. The number of rotatable bonds is 6. The fourth-order valence-electron chi connectivity index (χ4n) is 2.01. The van der Waals surface area contributed by atoms with E-state index < -0.39 is 0 Å². The Morgan fingerprint density at radius 2 is 2.24 bits per heavy atom. The maximum Gasteiger partial charge on any atom is 0.244 e. The van der Waals surface area contributed by atoms with Gasteiger partial charge >= 0.3 is 0 Å². The second-order valence-corrected chi connectivity index (χ2v) is 5.03. The van der Waals surface area contributed by atoms with Gasteiger partial charge in [-0.1, -0.05) is 12.1 Å². The lowest BCUT2D eigenvalue weighted by molar-refractivity contribution is -0.117. The number of nitrogen functional groups attached to an aromatic ring is 1. The predicted octanol–water partition coefficient (Wildman–Crippen LogP) is 3.01. The topological polar surface area (TPSA) is 68.3 Å². The average Bonchev–Trinajstić information content (AvgIpc) is 2.96. The Hall–Kier alpha value is -2.49. The zero-order valence-corrected chi connectivity index (χ0v) is 12.1. The molecule has 2 rings (SSSR count). The summed E-state index contributed by atoms with van der Waals surface area (Å²) in [6.07, 6.45) is 6.59. The summed E-state index contributed by atoms with van der Waals surface area (Å²) in [7, 11) is 0. The molecule has 1 amide bonds. The lowest BCUT2D eigenvalue weighted by atomic mass is 10.1. The van der Waals surface area contributed by atoms with Crippen molar-refractivity contribution in [3.05, 3.63) is 60.1 Å². The van der Waals surface area contributed by atoms with Crippen molar-refractivity contribution >= 4 is 17.7 Å². The number of hydrogen-bond acceptors (Lipinski definition) is 3. The van der Waals surface area contributed by atoms with Crippen molar-refractivity contribution < 1.29 is 9.21 Å². The Labute approximate surface area is 124 Å². The van der Waals surface area contributed by atoms with Crippen molar-refractivity contribution in [3.63, 3.8) is 0 Å². The largest absolute Gasteiger partial charge is 0.469 e. The fourth-order valence-corrected chi connectivity index (χ4v) is 2.01. The van der Waals surface area contributed by atoms with Gasteiger partial charge in [-0.05, 0) is 49.2 Å². The number of aryl methyl sites for hydroxylation is 1. The summed E-state index contributed by atoms with van der Waals surface area (Å²) in [6, 6.07) is 11.3. The molecule has 1 heterocycles. The fraction of sp³-hybridized carbons (Fsp3) is 0.235. The SMILES string of the molecule is CC(CCc1ccco1)NC(=O)/C=C/c1cccc(N)c1. The number of nitrogens with one attached hydrogen (secondary N) is 1. The first-order valence-corrected chi connectivity index (χ1v) is 7.00. The van der Waals surface area contributed by atoms with E-state index in [4.69, 9.17) is 10.2 Å². The van der Waals surface area contributed by atoms with Crippen LogP contribution in [0.5, 0.6) is 0 Å². The van der Waals surface area contributed by atoms with E-state index in [2.05, 4.69) is 5.32 Å². The Morgan fingerprint density at radius 1 is 1.38 bits per heavy atom. The van der Waals surface area contributed by atoms with E-state index in [1.807, 2.05) is 43.3 Å². The zero-order chi connectivity index (χ0) is 15.1. The minimum absolute atomic E-state index is 0.0908. The van der Waals surface area contributed by atoms with E-state index in [9.17, 15) is 4.79 Å². The lowest BCUT2D eigenvalue weighted by Crippen LogP contribution is -2.31. The molecule has 21 heavy (non-hydrogen) atoms. The maximum atomic E-state index is 11.8. The van der Waals surface area contributed by atoms with Crippen LogP contribution in [-0.2, 0) is 11.2 Å². The monoisotopic (exact) mass is 284 g/mol. The van der Waals surface area contributed by atoms with Crippen molar-refractivity contribution in [3.8, 4) is 0 Å². The third-order valence-corrected chi connectivity index (χ3v) is 3.13. The average molecular weight is 284 g/mol. The number of anilines is 1. The van der Waals surface area contributed by atoms with Crippen molar-refractivity contribution in [2.75, 3.05) is 5.73 Å². The van der Waals surface area contributed by atoms with Crippen LogP contribution in [0.2, 0.25) is 0 Å². The molecule has 0 saturated heterocycles. The van der Waals surface area contributed by atoms with Crippen molar-refractivity contribution in [2.24, 2.45) is 0 Å². The van der Waals surface area contributed by atoms with Crippen LogP contribution in [0.25, 0.3) is 6.08 Å². The summed E-state index contributed by atoms with van der Waals surface area (Å²) in [6.45, 7) is 1.98. The Morgan fingerprint density at radius 3 is 2.95 bits per heavy atom. The molecule has 0 fully saturated rings. The van der Waals surface area contributed by atoms with E-state index >= 15 is 0 Å². The molecule has 2 aromatic rings. The summed E-state index contributed by atoms with van der Waals surface area (Å²) < 4.78 is 5.27. The quantitative estimate of drug-likeness (QED) is 0.633. The number of amides is 1. The van der Waals surface area contributed by atoms with Crippen LogP contribution < -0.4 is 11.1 Å². The van der Waals surface area contributed by atoms with Gasteiger partial charge in [0.1, 0.15) is 5.76 Å². The standard InChI is InChI=1S/C17H20N2O2/c1-13(7-9-16-6-3-11-21-16)19-17(20)10-8-14-4-2-5-15(18)12-14/h2-6,8,10-13H,7,9,18H2,1H3,(H,19,20)/b10-8+. The number of carbonyl (C=O) groups excluding carboxylic acids is 1. The van der Waals surface area contributed by atoms with Crippen LogP contribution in [-0.4, -0.2) is 11.9 Å². The first kappa shape index (κ1) is 14.9. The van der Waals surface area contributed by atoms with E-state index in [1.54, 1.807) is 12.3 Å². The van der Waals surface area contributed by atoms with E-state index in [0.29, 0.717) is 5.69 Å². The first-order valence-electron chi connectivity index (χ1n) is 7.00. The van der Waals surface area contributed by atoms with Crippen molar-refractivity contribution in [2.45, 2.75) is 25.8 Å². The second kappa shape index (κ2) is 7.33. The van der Waals surface area contributed by atoms with Gasteiger partial charge in [0.2, 0.25) is 5.91 Å². The van der Waals surface area contributed by atoms with Gasteiger partial charge in [-0.3, -0.25) is 4.79 Å².